The van der Waals surface area contributed by atoms with Crippen molar-refractivity contribution in [3.8, 4) is 0 Å². The van der Waals surface area contributed by atoms with Crippen LogP contribution in [0, 0.1) is 0 Å². The van der Waals surface area contributed by atoms with E-state index in [1.54, 1.807) is 12.4 Å². The molecule has 94 valence electrons. The minimum atomic E-state index is 0.539. The lowest BCUT2D eigenvalue weighted by molar-refractivity contribution is 0.318. The van der Waals surface area contributed by atoms with E-state index in [1.807, 2.05) is 42.5 Å². The van der Waals surface area contributed by atoms with E-state index < -0.39 is 0 Å². The van der Waals surface area contributed by atoms with Crippen LogP contribution in [0.5, 0.6) is 0 Å². The Kier molecular flexibility index (Phi) is 2.98. The molecule has 1 aromatic carbocycles. The minimum Gasteiger partial charge on any atom is -0.411 e. The molecule has 0 spiro atoms. The van der Waals surface area contributed by atoms with Gasteiger partial charge in [0.1, 0.15) is 5.71 Å². The molecule has 0 aliphatic carbocycles. The van der Waals surface area contributed by atoms with Crippen molar-refractivity contribution < 1.29 is 5.21 Å². The van der Waals surface area contributed by atoms with Gasteiger partial charge < -0.3 is 10.2 Å². The van der Waals surface area contributed by atoms with Gasteiger partial charge in [-0.2, -0.15) is 0 Å². The summed E-state index contributed by atoms with van der Waals surface area (Å²) < 4.78 is 0. The molecule has 0 unspecified atom stereocenters. The van der Waals surface area contributed by atoms with E-state index in [4.69, 9.17) is 0 Å². The summed E-state index contributed by atoms with van der Waals surface area (Å²) in [4.78, 5) is 7.32. The summed E-state index contributed by atoms with van der Waals surface area (Å²) in [5, 5.41) is 13.7. The van der Waals surface area contributed by atoms with Crippen LogP contribution in [0.1, 0.15) is 11.3 Å². The predicted molar refractivity (Wildman–Crippen MR) is 74.6 cm³/mol. The third kappa shape index (κ3) is 2.33. The summed E-state index contributed by atoms with van der Waals surface area (Å²) in [7, 11) is 0. The van der Waals surface area contributed by atoms with E-state index in [0.29, 0.717) is 12.1 Å². The molecule has 0 fully saturated rings. The van der Waals surface area contributed by atoms with Crippen molar-refractivity contribution in [1.82, 2.24) is 9.97 Å². The fourth-order valence-corrected chi connectivity index (χ4v) is 2.11. The Morgan fingerprint density at radius 1 is 1.21 bits per heavy atom. The Hall–Kier alpha value is -2.62. The van der Waals surface area contributed by atoms with Gasteiger partial charge in [0, 0.05) is 29.7 Å². The summed E-state index contributed by atoms with van der Waals surface area (Å²) in [6.07, 6.45) is 4.03. The molecule has 4 nitrogen and oxygen atoms in total. The van der Waals surface area contributed by atoms with Crippen molar-refractivity contribution in [3.63, 3.8) is 0 Å². The van der Waals surface area contributed by atoms with Crippen LogP contribution in [0.4, 0.5) is 0 Å². The Balaban J connectivity index is 1.94. The molecular weight excluding hydrogens is 238 g/mol. The number of aromatic nitrogens is 2. The van der Waals surface area contributed by atoms with Gasteiger partial charge in [-0.25, -0.2) is 0 Å². The first kappa shape index (κ1) is 11.5. The van der Waals surface area contributed by atoms with Crippen LogP contribution >= 0.6 is 0 Å². The first-order chi connectivity index (χ1) is 9.36. The molecule has 0 bridgehead atoms. The van der Waals surface area contributed by atoms with Crippen molar-refractivity contribution in [2.75, 3.05) is 0 Å². The second kappa shape index (κ2) is 4.94. The number of pyridine rings is 1. The van der Waals surface area contributed by atoms with Gasteiger partial charge in [0.15, 0.2) is 0 Å². The zero-order valence-corrected chi connectivity index (χ0v) is 10.2. The topological polar surface area (TPSA) is 61.3 Å². The highest BCUT2D eigenvalue weighted by Gasteiger charge is 2.09. The maximum absolute atomic E-state index is 9.21. The normalized spacial score (nSPS) is 11.9. The summed E-state index contributed by atoms with van der Waals surface area (Å²) in [6, 6.07) is 13.8. The molecule has 3 aromatic rings. The highest BCUT2D eigenvalue weighted by molar-refractivity contribution is 6.03. The molecule has 0 aliphatic rings. The maximum Gasteiger partial charge on any atom is 0.107 e. The minimum absolute atomic E-state index is 0.539. The smallest absolute Gasteiger partial charge is 0.107 e. The molecule has 3 rings (SSSR count). The molecule has 0 amide bonds. The van der Waals surface area contributed by atoms with Gasteiger partial charge in [0.25, 0.3) is 0 Å². The Bertz CT molecular complexity index is 683. The molecule has 2 aromatic heterocycles. The number of hydrogen-bond donors (Lipinski definition) is 2. The largest absolute Gasteiger partial charge is 0.411 e. The van der Waals surface area contributed by atoms with Crippen molar-refractivity contribution >= 4 is 16.6 Å². The highest BCUT2D eigenvalue weighted by atomic mass is 16.4. The lowest BCUT2D eigenvalue weighted by Gasteiger charge is -2.01. The standard InChI is InChI=1S/C15H13N3O/c19-18-15(8-11-4-3-7-16-10-11)14-9-12-5-1-2-6-13(12)17-14/h1-7,9-10,17,19H,8H2/b18-15-. The van der Waals surface area contributed by atoms with Gasteiger partial charge in [0.2, 0.25) is 0 Å². The molecule has 0 saturated carbocycles. The highest BCUT2D eigenvalue weighted by Crippen LogP contribution is 2.16. The molecular formula is C15H13N3O. The van der Waals surface area contributed by atoms with Crippen LogP contribution < -0.4 is 0 Å². The number of aromatic amines is 1. The van der Waals surface area contributed by atoms with Gasteiger partial charge in [-0.3, -0.25) is 4.98 Å². The van der Waals surface area contributed by atoms with Crippen LogP contribution in [0.15, 0.2) is 60.0 Å². The van der Waals surface area contributed by atoms with Crippen LogP contribution in [-0.4, -0.2) is 20.9 Å². The molecule has 0 aliphatic heterocycles. The number of nitrogens with one attached hydrogen (secondary N) is 1. The van der Waals surface area contributed by atoms with Gasteiger partial charge in [-0.05, 0) is 23.8 Å². The fraction of sp³-hybridized carbons (Fsp3) is 0.0667. The Morgan fingerprint density at radius 3 is 2.84 bits per heavy atom. The van der Waals surface area contributed by atoms with Crippen molar-refractivity contribution in [2.45, 2.75) is 6.42 Å². The number of fused-ring (bicyclic) bond motifs is 1. The lowest BCUT2D eigenvalue weighted by Crippen LogP contribution is -2.06. The SMILES string of the molecule is O/N=C(/Cc1cccnc1)c1cc2ccccc2[nH]1. The van der Waals surface area contributed by atoms with E-state index in [0.717, 1.165) is 22.2 Å². The zero-order valence-electron chi connectivity index (χ0n) is 10.2. The number of rotatable bonds is 3. The second-order valence-electron chi connectivity index (χ2n) is 4.36. The second-order valence-corrected chi connectivity index (χ2v) is 4.36. The van der Waals surface area contributed by atoms with Gasteiger partial charge >= 0.3 is 0 Å². The Morgan fingerprint density at radius 2 is 2.11 bits per heavy atom. The predicted octanol–water partition coefficient (Wildman–Crippen LogP) is 2.98. The summed E-state index contributed by atoms with van der Waals surface area (Å²) in [5.41, 5.74) is 3.47. The first-order valence-electron chi connectivity index (χ1n) is 6.05. The quantitative estimate of drug-likeness (QED) is 0.427. The zero-order chi connectivity index (χ0) is 13.1. The van der Waals surface area contributed by atoms with Gasteiger partial charge in [-0.1, -0.05) is 29.4 Å². The van der Waals surface area contributed by atoms with Gasteiger partial charge in [0.05, 0.1) is 5.69 Å². The number of H-pyrrole nitrogens is 1. The number of oxime groups is 1. The first-order valence-corrected chi connectivity index (χ1v) is 6.05. The van der Waals surface area contributed by atoms with Gasteiger partial charge in [-0.15, -0.1) is 0 Å². The van der Waals surface area contributed by atoms with Crippen molar-refractivity contribution in [1.29, 1.82) is 0 Å². The summed E-state index contributed by atoms with van der Waals surface area (Å²) in [5.74, 6) is 0. The maximum atomic E-state index is 9.21. The number of nitrogens with zero attached hydrogens (tertiary/aromatic N) is 2. The van der Waals surface area contributed by atoms with Crippen LogP contribution in [0.25, 0.3) is 10.9 Å². The van der Waals surface area contributed by atoms with E-state index in [2.05, 4.69) is 15.1 Å². The van der Waals surface area contributed by atoms with Crippen molar-refractivity contribution in [3.05, 3.63) is 66.1 Å². The van der Waals surface area contributed by atoms with Crippen LogP contribution in [0.3, 0.4) is 0 Å². The number of para-hydroxylation sites is 1. The monoisotopic (exact) mass is 251 g/mol. The molecule has 0 saturated heterocycles. The summed E-state index contributed by atoms with van der Waals surface area (Å²) in [6.45, 7) is 0. The van der Waals surface area contributed by atoms with E-state index in [1.165, 1.54) is 0 Å². The summed E-state index contributed by atoms with van der Waals surface area (Å²) >= 11 is 0. The fourth-order valence-electron chi connectivity index (χ4n) is 2.11. The third-order valence-corrected chi connectivity index (χ3v) is 3.06. The van der Waals surface area contributed by atoms with Crippen molar-refractivity contribution in [2.24, 2.45) is 5.16 Å². The Labute approximate surface area is 110 Å². The average Bonchev–Trinajstić information content (AvgIpc) is 2.89. The number of benzene rings is 1. The van der Waals surface area contributed by atoms with E-state index in [-0.39, 0.29) is 0 Å². The van der Waals surface area contributed by atoms with E-state index >= 15 is 0 Å². The molecule has 2 heterocycles. The third-order valence-electron chi connectivity index (χ3n) is 3.06. The van der Waals surface area contributed by atoms with E-state index in [9.17, 15) is 5.21 Å². The number of hydrogen-bond acceptors (Lipinski definition) is 3. The lowest BCUT2D eigenvalue weighted by atomic mass is 10.1. The molecule has 2 N–H and O–H groups in total. The average molecular weight is 251 g/mol. The molecule has 0 atom stereocenters. The molecule has 0 radical (unpaired) electrons. The molecule has 4 heteroatoms. The molecule has 19 heavy (non-hydrogen) atoms. The van der Waals surface area contributed by atoms with Crippen LogP contribution in [0.2, 0.25) is 0 Å². The van der Waals surface area contributed by atoms with Crippen LogP contribution in [-0.2, 0) is 6.42 Å².